The zero-order valence-corrected chi connectivity index (χ0v) is 13.8. The number of aromatic nitrogens is 3. The summed E-state index contributed by atoms with van der Waals surface area (Å²) in [5, 5.41) is 13.8. The van der Waals surface area contributed by atoms with Gasteiger partial charge in [-0.25, -0.2) is 8.78 Å². The van der Waals surface area contributed by atoms with Crippen molar-refractivity contribution in [3.8, 4) is 0 Å². The van der Waals surface area contributed by atoms with Crippen LogP contribution in [0.4, 0.5) is 31.9 Å². The van der Waals surface area contributed by atoms with E-state index in [1.54, 1.807) is 0 Å². The van der Waals surface area contributed by atoms with E-state index in [-0.39, 0.29) is 11.6 Å². The lowest BCUT2D eigenvalue weighted by molar-refractivity contribution is 0.586. The van der Waals surface area contributed by atoms with E-state index in [1.165, 1.54) is 18.3 Å². The summed E-state index contributed by atoms with van der Waals surface area (Å²) < 4.78 is 26.7. The summed E-state index contributed by atoms with van der Waals surface area (Å²) in [5.74, 6) is -0.760. The van der Waals surface area contributed by atoms with Gasteiger partial charge < -0.3 is 10.6 Å². The third-order valence-electron chi connectivity index (χ3n) is 3.73. The van der Waals surface area contributed by atoms with E-state index in [0.717, 1.165) is 29.3 Å². The Morgan fingerprint density at radius 3 is 2.68 bits per heavy atom. The normalized spacial score (nSPS) is 10.6. The number of anilines is 4. The highest BCUT2D eigenvalue weighted by molar-refractivity contribution is 5.64. The Bertz CT molecular complexity index is 898. The van der Waals surface area contributed by atoms with Crippen LogP contribution in [0.2, 0.25) is 0 Å². The number of hydrogen-bond donors (Lipinski definition) is 2. The molecule has 5 nitrogen and oxygen atoms in total. The summed E-state index contributed by atoms with van der Waals surface area (Å²) in [5.41, 5.74) is 3.23. The average molecular weight is 341 g/mol. The van der Waals surface area contributed by atoms with Gasteiger partial charge in [0, 0.05) is 11.8 Å². The molecule has 0 spiro atoms. The minimum absolute atomic E-state index is 0.109. The SMILES string of the molecule is CCc1cccc(C)c1Nc1nncc(Nc2ccc(F)cc2F)n1. The standard InChI is InChI=1S/C18H17F2N5/c1-3-12-6-4-5-11(2)17(12)24-18-23-16(10-21-25-18)22-15-8-7-13(19)9-14(15)20/h4-10H,3H2,1-2H3,(H2,22,23,24,25). The molecule has 25 heavy (non-hydrogen) atoms. The highest BCUT2D eigenvalue weighted by Gasteiger charge is 2.09. The first kappa shape index (κ1) is 16.8. The van der Waals surface area contributed by atoms with Gasteiger partial charge in [0.05, 0.1) is 11.9 Å². The largest absolute Gasteiger partial charge is 0.336 e. The van der Waals surface area contributed by atoms with Crippen molar-refractivity contribution >= 4 is 23.1 Å². The van der Waals surface area contributed by atoms with E-state index in [0.29, 0.717) is 5.82 Å². The number of halogens is 2. The average Bonchev–Trinajstić information content (AvgIpc) is 2.59. The van der Waals surface area contributed by atoms with Crippen molar-refractivity contribution in [2.75, 3.05) is 10.6 Å². The maximum atomic E-state index is 13.8. The molecule has 7 heteroatoms. The van der Waals surface area contributed by atoms with Crippen LogP contribution in [0.25, 0.3) is 0 Å². The van der Waals surface area contributed by atoms with Gasteiger partial charge in [0.15, 0.2) is 5.82 Å². The Morgan fingerprint density at radius 1 is 1.08 bits per heavy atom. The van der Waals surface area contributed by atoms with Crippen LogP contribution in [0, 0.1) is 18.6 Å². The van der Waals surface area contributed by atoms with Gasteiger partial charge in [0.25, 0.3) is 0 Å². The molecule has 0 aliphatic heterocycles. The lowest BCUT2D eigenvalue weighted by Crippen LogP contribution is -2.05. The predicted octanol–water partition coefficient (Wildman–Crippen LogP) is 4.51. The first-order chi connectivity index (χ1) is 12.1. The topological polar surface area (TPSA) is 62.7 Å². The van der Waals surface area contributed by atoms with Gasteiger partial charge in [-0.15, -0.1) is 5.10 Å². The molecule has 0 saturated heterocycles. The van der Waals surface area contributed by atoms with Gasteiger partial charge >= 0.3 is 0 Å². The molecular weight excluding hydrogens is 324 g/mol. The molecule has 128 valence electrons. The highest BCUT2D eigenvalue weighted by atomic mass is 19.1. The molecule has 1 heterocycles. The molecule has 0 aliphatic carbocycles. The molecule has 2 N–H and O–H groups in total. The summed E-state index contributed by atoms with van der Waals surface area (Å²) in [6.45, 7) is 4.05. The van der Waals surface area contributed by atoms with Crippen LogP contribution >= 0.6 is 0 Å². The fraction of sp³-hybridized carbons (Fsp3) is 0.167. The van der Waals surface area contributed by atoms with E-state index >= 15 is 0 Å². The first-order valence-corrected chi connectivity index (χ1v) is 7.84. The third kappa shape index (κ3) is 3.88. The molecule has 0 unspecified atom stereocenters. The number of benzene rings is 2. The minimum Gasteiger partial charge on any atom is -0.336 e. The predicted molar refractivity (Wildman–Crippen MR) is 93.3 cm³/mol. The number of nitrogens with zero attached hydrogens (tertiary/aromatic N) is 3. The fourth-order valence-corrected chi connectivity index (χ4v) is 2.46. The Balaban J connectivity index is 1.85. The Hall–Kier alpha value is -3.09. The molecule has 0 aliphatic rings. The number of para-hydroxylation sites is 1. The van der Waals surface area contributed by atoms with E-state index in [9.17, 15) is 8.78 Å². The van der Waals surface area contributed by atoms with Crippen molar-refractivity contribution < 1.29 is 8.78 Å². The van der Waals surface area contributed by atoms with Crippen molar-refractivity contribution in [1.29, 1.82) is 0 Å². The van der Waals surface area contributed by atoms with E-state index in [4.69, 9.17) is 0 Å². The zero-order valence-electron chi connectivity index (χ0n) is 13.8. The van der Waals surface area contributed by atoms with Crippen LogP contribution in [0.15, 0.2) is 42.6 Å². The molecular formula is C18H17F2N5. The Labute approximate surface area is 144 Å². The second-order valence-corrected chi connectivity index (χ2v) is 5.50. The number of hydrogen-bond acceptors (Lipinski definition) is 5. The van der Waals surface area contributed by atoms with Crippen LogP contribution in [-0.4, -0.2) is 15.2 Å². The molecule has 3 rings (SSSR count). The number of nitrogens with one attached hydrogen (secondary N) is 2. The molecule has 1 aromatic heterocycles. The molecule has 0 bridgehead atoms. The third-order valence-corrected chi connectivity index (χ3v) is 3.73. The molecule has 0 atom stereocenters. The van der Waals surface area contributed by atoms with Crippen molar-refractivity contribution in [2.45, 2.75) is 20.3 Å². The molecule has 0 fully saturated rings. The van der Waals surface area contributed by atoms with E-state index in [1.807, 2.05) is 25.1 Å². The highest BCUT2D eigenvalue weighted by Crippen LogP contribution is 2.25. The van der Waals surface area contributed by atoms with Crippen molar-refractivity contribution in [1.82, 2.24) is 15.2 Å². The van der Waals surface area contributed by atoms with Crippen molar-refractivity contribution in [3.63, 3.8) is 0 Å². The number of aryl methyl sites for hydroxylation is 2. The van der Waals surface area contributed by atoms with Crippen LogP contribution < -0.4 is 10.6 Å². The first-order valence-electron chi connectivity index (χ1n) is 7.84. The fourth-order valence-electron chi connectivity index (χ4n) is 2.46. The van der Waals surface area contributed by atoms with Gasteiger partial charge in [-0.2, -0.15) is 10.1 Å². The summed E-state index contributed by atoms with van der Waals surface area (Å²) in [7, 11) is 0. The zero-order chi connectivity index (χ0) is 17.8. The molecule has 3 aromatic rings. The molecule has 0 radical (unpaired) electrons. The van der Waals surface area contributed by atoms with Crippen LogP contribution in [0.1, 0.15) is 18.1 Å². The lowest BCUT2D eigenvalue weighted by atomic mass is 10.1. The summed E-state index contributed by atoms with van der Waals surface area (Å²) in [4.78, 5) is 4.29. The second kappa shape index (κ2) is 7.21. The molecule has 0 saturated carbocycles. The van der Waals surface area contributed by atoms with Gasteiger partial charge in [-0.1, -0.05) is 25.1 Å². The maximum Gasteiger partial charge on any atom is 0.249 e. The second-order valence-electron chi connectivity index (χ2n) is 5.50. The Morgan fingerprint density at radius 2 is 1.92 bits per heavy atom. The maximum absolute atomic E-state index is 13.8. The lowest BCUT2D eigenvalue weighted by Gasteiger charge is -2.13. The van der Waals surface area contributed by atoms with Crippen LogP contribution in [0.5, 0.6) is 0 Å². The van der Waals surface area contributed by atoms with Crippen molar-refractivity contribution in [2.24, 2.45) is 0 Å². The Kier molecular flexibility index (Phi) is 4.83. The molecule has 0 amide bonds. The van der Waals surface area contributed by atoms with Gasteiger partial charge in [-0.05, 0) is 36.6 Å². The van der Waals surface area contributed by atoms with Crippen molar-refractivity contribution in [3.05, 3.63) is 65.4 Å². The van der Waals surface area contributed by atoms with E-state index in [2.05, 4.69) is 32.7 Å². The number of rotatable bonds is 5. The smallest absolute Gasteiger partial charge is 0.249 e. The monoisotopic (exact) mass is 341 g/mol. The quantitative estimate of drug-likeness (QED) is 0.715. The molecule has 2 aromatic carbocycles. The minimum atomic E-state index is -0.708. The van der Waals surface area contributed by atoms with Gasteiger partial charge in [0.1, 0.15) is 11.6 Å². The van der Waals surface area contributed by atoms with E-state index < -0.39 is 11.6 Å². The summed E-state index contributed by atoms with van der Waals surface area (Å²) >= 11 is 0. The van der Waals surface area contributed by atoms with Gasteiger partial charge in [-0.3, -0.25) is 0 Å². The summed E-state index contributed by atoms with van der Waals surface area (Å²) in [6.07, 6.45) is 2.22. The van der Waals surface area contributed by atoms with Crippen LogP contribution in [-0.2, 0) is 6.42 Å². The van der Waals surface area contributed by atoms with Gasteiger partial charge in [0.2, 0.25) is 5.95 Å². The summed E-state index contributed by atoms with van der Waals surface area (Å²) in [6, 6.07) is 9.28. The van der Waals surface area contributed by atoms with Crippen LogP contribution in [0.3, 0.4) is 0 Å².